The number of thioether (sulfide) groups is 1. The smallest absolute Gasteiger partial charge is 0.302 e. The minimum Gasteiger partial charge on any atom is -0.461 e. The molecule has 5 nitrogen and oxygen atoms in total. The number of thiocyanates is 1. The molecule has 0 aromatic heterocycles. The number of sulfone groups is 1. The third kappa shape index (κ3) is 5.23. The van der Waals surface area contributed by atoms with Crippen LogP contribution in [0.15, 0.2) is 29.2 Å². The fourth-order valence-corrected chi connectivity index (χ4v) is 3.58. The van der Waals surface area contributed by atoms with E-state index >= 15 is 0 Å². The molecule has 1 aromatic rings. The topological polar surface area (TPSA) is 84.2 Å². The molecule has 1 rings (SSSR count). The number of esters is 1. The number of aryl methyl sites for hydroxylation is 1. The molecule has 0 aliphatic rings. The lowest BCUT2D eigenvalue weighted by Crippen LogP contribution is -2.28. The van der Waals surface area contributed by atoms with Crippen molar-refractivity contribution in [2.45, 2.75) is 24.8 Å². The van der Waals surface area contributed by atoms with Crippen LogP contribution in [-0.4, -0.2) is 32.0 Å². The van der Waals surface area contributed by atoms with Crippen molar-refractivity contribution in [2.75, 3.05) is 11.5 Å². The number of ether oxygens (including phenoxy) is 1. The molecule has 0 N–H and O–H groups in total. The van der Waals surface area contributed by atoms with Crippen LogP contribution >= 0.6 is 11.8 Å². The van der Waals surface area contributed by atoms with Gasteiger partial charge in [0.15, 0.2) is 9.84 Å². The highest BCUT2D eigenvalue weighted by Crippen LogP contribution is 2.16. The van der Waals surface area contributed by atoms with Gasteiger partial charge in [-0.2, -0.15) is 5.26 Å². The van der Waals surface area contributed by atoms with Crippen LogP contribution in [0.1, 0.15) is 12.5 Å². The molecule has 0 aliphatic carbocycles. The van der Waals surface area contributed by atoms with Crippen molar-refractivity contribution in [1.82, 2.24) is 0 Å². The first-order valence-corrected chi connectivity index (χ1v) is 8.46. The first kappa shape index (κ1) is 16.5. The van der Waals surface area contributed by atoms with Gasteiger partial charge in [-0.3, -0.25) is 4.79 Å². The molecule has 0 heterocycles. The molecule has 0 amide bonds. The van der Waals surface area contributed by atoms with Gasteiger partial charge >= 0.3 is 5.97 Å². The van der Waals surface area contributed by atoms with Crippen molar-refractivity contribution in [3.63, 3.8) is 0 Å². The number of hydrogen-bond donors (Lipinski definition) is 0. The van der Waals surface area contributed by atoms with Gasteiger partial charge in [0.1, 0.15) is 11.5 Å². The lowest BCUT2D eigenvalue weighted by atomic mass is 10.2. The molecule has 1 atom stereocenters. The molecule has 0 aliphatic heterocycles. The summed E-state index contributed by atoms with van der Waals surface area (Å²) in [5, 5.41) is 10.4. The Morgan fingerprint density at radius 3 is 2.50 bits per heavy atom. The molecule has 1 aromatic carbocycles. The van der Waals surface area contributed by atoms with E-state index in [4.69, 9.17) is 10.00 Å². The van der Waals surface area contributed by atoms with E-state index in [2.05, 4.69) is 0 Å². The number of rotatable bonds is 6. The molecule has 0 spiro atoms. The summed E-state index contributed by atoms with van der Waals surface area (Å²) < 4.78 is 29.4. The Labute approximate surface area is 122 Å². The number of carbonyl (C=O) groups is 1. The van der Waals surface area contributed by atoms with E-state index < -0.39 is 21.9 Å². The fraction of sp³-hybridized carbons (Fsp3) is 0.385. The van der Waals surface area contributed by atoms with Crippen molar-refractivity contribution < 1.29 is 17.9 Å². The Hall–Kier alpha value is -1.52. The summed E-state index contributed by atoms with van der Waals surface area (Å²) in [4.78, 5) is 11.2. The second-order valence-electron chi connectivity index (χ2n) is 4.23. The maximum absolute atomic E-state index is 12.2. The van der Waals surface area contributed by atoms with Gasteiger partial charge in [0.25, 0.3) is 0 Å². The number of hydrogen-bond acceptors (Lipinski definition) is 6. The van der Waals surface area contributed by atoms with E-state index in [-0.39, 0.29) is 16.4 Å². The Balaban J connectivity index is 2.87. The summed E-state index contributed by atoms with van der Waals surface area (Å²) in [5.74, 6) is -0.765. The normalized spacial score (nSPS) is 12.4. The highest BCUT2D eigenvalue weighted by Gasteiger charge is 2.23. The maximum Gasteiger partial charge on any atom is 0.302 e. The highest BCUT2D eigenvalue weighted by molar-refractivity contribution is 8.03. The number of carbonyl (C=O) groups excluding carboxylic acids is 1. The lowest BCUT2D eigenvalue weighted by molar-refractivity contribution is -0.144. The Bertz CT molecular complexity index is 602. The van der Waals surface area contributed by atoms with Crippen LogP contribution in [-0.2, 0) is 19.4 Å². The molecular weight excluding hydrogens is 298 g/mol. The van der Waals surface area contributed by atoms with Crippen molar-refractivity contribution in [3.8, 4) is 5.40 Å². The van der Waals surface area contributed by atoms with E-state index in [0.717, 1.165) is 17.3 Å². The van der Waals surface area contributed by atoms with Gasteiger partial charge in [0.05, 0.1) is 10.6 Å². The molecule has 0 radical (unpaired) electrons. The number of benzene rings is 1. The number of nitrogens with zero attached hydrogens (tertiary/aromatic N) is 1. The van der Waals surface area contributed by atoms with Gasteiger partial charge < -0.3 is 4.74 Å². The number of nitriles is 1. The largest absolute Gasteiger partial charge is 0.461 e. The zero-order chi connectivity index (χ0) is 15.2. The van der Waals surface area contributed by atoms with Gasteiger partial charge in [0.2, 0.25) is 0 Å². The second kappa shape index (κ2) is 7.31. The summed E-state index contributed by atoms with van der Waals surface area (Å²) in [6, 6.07) is 6.45. The summed E-state index contributed by atoms with van der Waals surface area (Å²) in [5.41, 5.74) is 0.959. The van der Waals surface area contributed by atoms with Crippen LogP contribution in [0.2, 0.25) is 0 Å². The minimum absolute atomic E-state index is 0.126. The zero-order valence-corrected chi connectivity index (χ0v) is 12.8. The monoisotopic (exact) mass is 313 g/mol. The summed E-state index contributed by atoms with van der Waals surface area (Å²) >= 11 is 0.860. The Morgan fingerprint density at radius 1 is 1.40 bits per heavy atom. The van der Waals surface area contributed by atoms with Gasteiger partial charge in [-0.15, -0.1) is 0 Å². The summed E-state index contributed by atoms with van der Waals surface area (Å²) in [7, 11) is -3.55. The van der Waals surface area contributed by atoms with Crippen molar-refractivity contribution in [3.05, 3.63) is 29.8 Å². The predicted octanol–water partition coefficient (Wildman–Crippen LogP) is 1.91. The minimum atomic E-state index is -3.55. The molecule has 0 bridgehead atoms. The third-order valence-electron chi connectivity index (χ3n) is 2.45. The first-order chi connectivity index (χ1) is 9.35. The van der Waals surface area contributed by atoms with E-state index in [1.165, 1.54) is 19.1 Å². The molecule has 0 saturated heterocycles. The van der Waals surface area contributed by atoms with Crippen LogP contribution in [0, 0.1) is 17.6 Å². The lowest BCUT2D eigenvalue weighted by Gasteiger charge is -2.15. The van der Waals surface area contributed by atoms with E-state index in [0.29, 0.717) is 0 Å². The maximum atomic E-state index is 12.2. The van der Waals surface area contributed by atoms with Gasteiger partial charge in [-0.25, -0.2) is 8.42 Å². The standard InChI is InChI=1S/C13H15NO4S2/c1-10-3-5-13(6-4-10)20(16,17)8-12(7-19-9-14)18-11(2)15/h3-6,12H,7-8H2,1-2H3. The zero-order valence-electron chi connectivity index (χ0n) is 11.2. The molecule has 1 unspecified atom stereocenters. The van der Waals surface area contributed by atoms with Crippen molar-refractivity contribution in [1.29, 1.82) is 5.26 Å². The van der Waals surface area contributed by atoms with E-state index in [9.17, 15) is 13.2 Å². The first-order valence-electron chi connectivity index (χ1n) is 5.82. The molecule has 108 valence electrons. The molecule has 0 fully saturated rings. The summed E-state index contributed by atoms with van der Waals surface area (Å²) in [6.45, 7) is 3.07. The molecule has 0 saturated carbocycles. The molecular formula is C13H15NO4S2. The van der Waals surface area contributed by atoms with E-state index in [1.54, 1.807) is 12.1 Å². The Kier molecular flexibility index (Phi) is 6.05. The average molecular weight is 313 g/mol. The van der Waals surface area contributed by atoms with Crippen molar-refractivity contribution in [2.24, 2.45) is 0 Å². The second-order valence-corrected chi connectivity index (χ2v) is 7.07. The molecule has 20 heavy (non-hydrogen) atoms. The predicted molar refractivity (Wildman–Crippen MR) is 76.9 cm³/mol. The highest BCUT2D eigenvalue weighted by atomic mass is 32.2. The van der Waals surface area contributed by atoms with Crippen LogP contribution in [0.4, 0.5) is 0 Å². The Morgan fingerprint density at radius 2 is 2.00 bits per heavy atom. The van der Waals surface area contributed by atoms with Crippen LogP contribution in [0.25, 0.3) is 0 Å². The summed E-state index contributed by atoms with van der Waals surface area (Å²) in [6.07, 6.45) is -0.830. The van der Waals surface area contributed by atoms with Gasteiger partial charge in [0, 0.05) is 12.7 Å². The molecule has 7 heteroatoms. The van der Waals surface area contributed by atoms with Crippen LogP contribution < -0.4 is 0 Å². The van der Waals surface area contributed by atoms with Crippen LogP contribution in [0.5, 0.6) is 0 Å². The van der Waals surface area contributed by atoms with Crippen LogP contribution in [0.3, 0.4) is 0 Å². The quantitative estimate of drug-likeness (QED) is 0.589. The van der Waals surface area contributed by atoms with Gasteiger partial charge in [-0.05, 0) is 30.8 Å². The van der Waals surface area contributed by atoms with Crippen molar-refractivity contribution >= 4 is 27.6 Å². The van der Waals surface area contributed by atoms with Gasteiger partial charge in [-0.1, -0.05) is 17.7 Å². The third-order valence-corrected chi connectivity index (χ3v) is 4.92. The average Bonchev–Trinajstić information content (AvgIpc) is 2.35. The van der Waals surface area contributed by atoms with E-state index in [1.807, 2.05) is 12.3 Å². The fourth-order valence-electron chi connectivity index (χ4n) is 1.57. The SMILES string of the molecule is CC(=O)OC(CSC#N)CS(=O)(=O)c1ccc(C)cc1.